The molecule has 1 aliphatic rings. The van der Waals surface area contributed by atoms with Gasteiger partial charge in [-0.1, -0.05) is 6.07 Å². The molecule has 0 radical (unpaired) electrons. The third-order valence-electron chi connectivity index (χ3n) is 3.17. The van der Waals surface area contributed by atoms with Gasteiger partial charge in [0.05, 0.1) is 13.0 Å². The van der Waals surface area contributed by atoms with E-state index in [1.54, 1.807) is 0 Å². The van der Waals surface area contributed by atoms with Crippen molar-refractivity contribution in [2.45, 2.75) is 12.5 Å². The molecule has 1 aromatic carbocycles. The molecular formula is C12H14FNO4. The van der Waals surface area contributed by atoms with Crippen LogP contribution in [0, 0.1) is 11.7 Å². The highest BCUT2D eigenvalue weighted by molar-refractivity contribution is 5.71. The number of methoxy groups -OCH3 is 1. The van der Waals surface area contributed by atoms with Crippen molar-refractivity contribution in [1.82, 2.24) is 5.32 Å². The lowest BCUT2D eigenvalue weighted by Gasteiger charge is -2.16. The third kappa shape index (κ3) is 2.11. The number of nitrogens with one attached hydrogen (secondary N) is 1. The first-order valence-electron chi connectivity index (χ1n) is 5.56. The second-order valence-corrected chi connectivity index (χ2v) is 4.25. The van der Waals surface area contributed by atoms with Crippen LogP contribution in [0.2, 0.25) is 0 Å². The van der Waals surface area contributed by atoms with Gasteiger partial charge in [0.15, 0.2) is 17.3 Å². The topological polar surface area (TPSA) is 78.8 Å². The highest BCUT2D eigenvalue weighted by atomic mass is 19.1. The van der Waals surface area contributed by atoms with Gasteiger partial charge in [-0.2, -0.15) is 0 Å². The monoisotopic (exact) mass is 255 g/mol. The summed E-state index contributed by atoms with van der Waals surface area (Å²) in [6.45, 7) is 0.349. The molecule has 0 aliphatic carbocycles. The van der Waals surface area contributed by atoms with Gasteiger partial charge in [0.1, 0.15) is 0 Å². The van der Waals surface area contributed by atoms with Crippen molar-refractivity contribution in [1.29, 1.82) is 0 Å². The van der Waals surface area contributed by atoms with E-state index in [4.69, 9.17) is 9.84 Å². The SMILES string of the molecule is COc1c(C2CC(C(=O)O)CN2)ccc(F)c1O. The number of benzene rings is 1. The fourth-order valence-corrected chi connectivity index (χ4v) is 2.21. The van der Waals surface area contributed by atoms with Gasteiger partial charge in [-0.25, -0.2) is 4.39 Å². The van der Waals surface area contributed by atoms with E-state index in [0.717, 1.165) is 6.07 Å². The van der Waals surface area contributed by atoms with Gasteiger partial charge in [0.25, 0.3) is 0 Å². The molecule has 1 aliphatic heterocycles. The Morgan fingerprint density at radius 3 is 2.83 bits per heavy atom. The number of phenols is 1. The first-order chi connectivity index (χ1) is 8.54. The molecular weight excluding hydrogens is 241 g/mol. The predicted molar refractivity (Wildman–Crippen MR) is 61.1 cm³/mol. The molecule has 0 amide bonds. The number of aromatic hydroxyl groups is 1. The Balaban J connectivity index is 2.30. The van der Waals surface area contributed by atoms with Crippen LogP contribution in [0.3, 0.4) is 0 Å². The van der Waals surface area contributed by atoms with Crippen LogP contribution in [-0.4, -0.2) is 29.8 Å². The molecule has 2 rings (SSSR count). The van der Waals surface area contributed by atoms with Crippen molar-refractivity contribution in [3.05, 3.63) is 23.5 Å². The average Bonchev–Trinajstić information content (AvgIpc) is 2.82. The van der Waals surface area contributed by atoms with Gasteiger partial charge in [-0.3, -0.25) is 4.79 Å². The number of hydrogen-bond donors (Lipinski definition) is 3. The highest BCUT2D eigenvalue weighted by Crippen LogP contribution is 2.39. The maximum atomic E-state index is 13.2. The van der Waals surface area contributed by atoms with E-state index in [1.807, 2.05) is 0 Å². The summed E-state index contributed by atoms with van der Waals surface area (Å²) in [5.74, 6) is -2.60. The van der Waals surface area contributed by atoms with Gasteiger partial charge in [0.2, 0.25) is 0 Å². The minimum atomic E-state index is -0.865. The molecule has 5 nitrogen and oxygen atoms in total. The van der Waals surface area contributed by atoms with E-state index in [2.05, 4.69) is 5.32 Å². The Labute approximate surface area is 103 Å². The second kappa shape index (κ2) is 4.81. The first kappa shape index (κ1) is 12.6. The summed E-state index contributed by atoms with van der Waals surface area (Å²) >= 11 is 0. The van der Waals surface area contributed by atoms with Crippen LogP contribution in [0.25, 0.3) is 0 Å². The largest absolute Gasteiger partial charge is 0.502 e. The lowest BCUT2D eigenvalue weighted by atomic mass is 9.99. The van der Waals surface area contributed by atoms with E-state index in [-0.39, 0.29) is 11.8 Å². The number of carboxylic acid groups (broad SMARTS) is 1. The van der Waals surface area contributed by atoms with Crippen molar-refractivity contribution >= 4 is 5.97 Å². The number of phenolic OH excluding ortho intramolecular Hbond substituents is 1. The van der Waals surface area contributed by atoms with Crippen LogP contribution in [0.15, 0.2) is 12.1 Å². The van der Waals surface area contributed by atoms with Crippen LogP contribution in [-0.2, 0) is 4.79 Å². The highest BCUT2D eigenvalue weighted by Gasteiger charge is 2.32. The number of aliphatic carboxylic acids is 1. The summed E-state index contributed by atoms with van der Waals surface area (Å²) in [5, 5.41) is 21.5. The summed E-state index contributed by atoms with van der Waals surface area (Å²) in [4.78, 5) is 10.9. The van der Waals surface area contributed by atoms with Crippen molar-refractivity contribution in [2.24, 2.45) is 5.92 Å². The van der Waals surface area contributed by atoms with Gasteiger partial charge in [-0.15, -0.1) is 0 Å². The molecule has 18 heavy (non-hydrogen) atoms. The summed E-state index contributed by atoms with van der Waals surface area (Å²) in [6.07, 6.45) is 0.386. The quantitative estimate of drug-likeness (QED) is 0.758. The molecule has 2 atom stereocenters. The van der Waals surface area contributed by atoms with Crippen LogP contribution in [0.1, 0.15) is 18.0 Å². The van der Waals surface area contributed by atoms with E-state index >= 15 is 0 Å². The zero-order chi connectivity index (χ0) is 13.3. The number of rotatable bonds is 3. The number of ether oxygens (including phenoxy) is 1. The molecule has 1 heterocycles. The van der Waals surface area contributed by atoms with Gasteiger partial charge in [0, 0.05) is 18.2 Å². The maximum Gasteiger partial charge on any atom is 0.307 e. The Morgan fingerprint density at radius 2 is 2.28 bits per heavy atom. The summed E-state index contributed by atoms with van der Waals surface area (Å²) in [6, 6.07) is 2.38. The van der Waals surface area contributed by atoms with Crippen molar-refractivity contribution in [3.8, 4) is 11.5 Å². The molecule has 1 fully saturated rings. The fraction of sp³-hybridized carbons (Fsp3) is 0.417. The predicted octanol–water partition coefficient (Wildman–Crippen LogP) is 1.28. The number of carbonyl (C=O) groups is 1. The Kier molecular flexibility index (Phi) is 3.38. The zero-order valence-electron chi connectivity index (χ0n) is 9.81. The zero-order valence-corrected chi connectivity index (χ0v) is 9.81. The van der Waals surface area contributed by atoms with Gasteiger partial charge < -0.3 is 20.3 Å². The molecule has 2 unspecified atom stereocenters. The molecule has 0 bridgehead atoms. The molecule has 1 saturated heterocycles. The third-order valence-corrected chi connectivity index (χ3v) is 3.17. The standard InChI is InChI=1S/C12H14FNO4/c1-18-11-7(2-3-8(13)10(11)15)9-4-6(5-14-9)12(16)17/h2-3,6,9,14-15H,4-5H2,1H3,(H,16,17). The number of carboxylic acids is 1. The smallest absolute Gasteiger partial charge is 0.307 e. The fourth-order valence-electron chi connectivity index (χ4n) is 2.21. The minimum absolute atomic E-state index is 0.0542. The molecule has 1 aromatic rings. The first-order valence-corrected chi connectivity index (χ1v) is 5.56. The van der Waals surface area contributed by atoms with E-state index < -0.39 is 23.5 Å². The van der Waals surface area contributed by atoms with Crippen LogP contribution in [0.5, 0.6) is 11.5 Å². The minimum Gasteiger partial charge on any atom is -0.502 e. The lowest BCUT2D eigenvalue weighted by Crippen LogP contribution is -2.17. The number of hydrogen-bond acceptors (Lipinski definition) is 4. The maximum absolute atomic E-state index is 13.2. The van der Waals surface area contributed by atoms with Crippen molar-refractivity contribution < 1.29 is 24.1 Å². The van der Waals surface area contributed by atoms with Crippen molar-refractivity contribution in [2.75, 3.05) is 13.7 Å². The average molecular weight is 255 g/mol. The lowest BCUT2D eigenvalue weighted by molar-refractivity contribution is -0.141. The normalized spacial score (nSPS) is 23.0. The van der Waals surface area contributed by atoms with Crippen LogP contribution in [0.4, 0.5) is 4.39 Å². The van der Waals surface area contributed by atoms with E-state index in [0.29, 0.717) is 18.5 Å². The summed E-state index contributed by atoms with van der Waals surface area (Å²) < 4.78 is 18.2. The second-order valence-electron chi connectivity index (χ2n) is 4.25. The van der Waals surface area contributed by atoms with Gasteiger partial charge in [-0.05, 0) is 12.5 Å². The molecule has 3 N–H and O–H groups in total. The number of halogens is 1. The van der Waals surface area contributed by atoms with Gasteiger partial charge >= 0.3 is 5.97 Å². The Hall–Kier alpha value is -1.82. The summed E-state index contributed by atoms with van der Waals surface area (Å²) in [7, 11) is 1.33. The molecule has 6 heteroatoms. The summed E-state index contributed by atoms with van der Waals surface area (Å²) in [5.41, 5.74) is 0.570. The Morgan fingerprint density at radius 1 is 1.56 bits per heavy atom. The van der Waals surface area contributed by atoms with Crippen LogP contribution < -0.4 is 10.1 Å². The Bertz CT molecular complexity index is 477. The van der Waals surface area contributed by atoms with E-state index in [9.17, 15) is 14.3 Å². The van der Waals surface area contributed by atoms with E-state index in [1.165, 1.54) is 13.2 Å². The van der Waals surface area contributed by atoms with Crippen molar-refractivity contribution in [3.63, 3.8) is 0 Å². The molecule has 0 spiro atoms. The molecule has 0 aromatic heterocycles. The molecule has 98 valence electrons. The van der Waals surface area contributed by atoms with Crippen LogP contribution >= 0.6 is 0 Å². The molecule has 0 saturated carbocycles.